The Labute approximate surface area is 87.0 Å². The van der Waals surface area contributed by atoms with Crippen LogP contribution in [0.15, 0.2) is 0 Å². The normalized spacial score (nSPS) is 15.0. The molecule has 1 aliphatic rings. The highest BCUT2D eigenvalue weighted by molar-refractivity contribution is 7.18. The molecule has 3 heteroatoms. The average molecular weight is 204 g/mol. The van der Waals surface area contributed by atoms with E-state index in [2.05, 4.69) is 16.9 Å². The molecular weight excluding hydrogens is 192 g/mol. The summed E-state index contributed by atoms with van der Waals surface area (Å²) >= 11 is 1.86. The summed E-state index contributed by atoms with van der Waals surface area (Å²) in [6.45, 7) is 4.07. The van der Waals surface area contributed by atoms with Gasteiger partial charge in [0.1, 0.15) is 10.7 Å². The van der Waals surface area contributed by atoms with E-state index in [0.717, 1.165) is 11.5 Å². The van der Waals surface area contributed by atoms with Gasteiger partial charge in [-0.25, -0.2) is 9.97 Å². The third kappa shape index (κ3) is 1.02. The van der Waals surface area contributed by atoms with Gasteiger partial charge in [-0.15, -0.1) is 11.3 Å². The molecule has 0 atom stereocenters. The van der Waals surface area contributed by atoms with E-state index < -0.39 is 0 Å². The van der Waals surface area contributed by atoms with Crippen molar-refractivity contribution in [3.8, 4) is 0 Å². The number of hydrogen-bond donors (Lipinski definition) is 0. The summed E-state index contributed by atoms with van der Waals surface area (Å²) in [4.78, 5) is 11.7. The van der Waals surface area contributed by atoms with Crippen molar-refractivity contribution in [2.24, 2.45) is 0 Å². The Morgan fingerprint density at radius 3 is 2.86 bits per heavy atom. The molecule has 2 aromatic rings. The second-order valence-corrected chi connectivity index (χ2v) is 4.98. The SMILES string of the molecule is Cc1nc(C)c2c3c(sc2n1)CCC3. The van der Waals surface area contributed by atoms with E-state index in [9.17, 15) is 0 Å². The first kappa shape index (κ1) is 8.36. The van der Waals surface area contributed by atoms with E-state index in [1.54, 1.807) is 4.88 Å². The number of nitrogens with zero attached hydrogens (tertiary/aromatic N) is 2. The second kappa shape index (κ2) is 2.76. The van der Waals surface area contributed by atoms with Gasteiger partial charge in [-0.2, -0.15) is 0 Å². The highest BCUT2D eigenvalue weighted by atomic mass is 32.1. The lowest BCUT2D eigenvalue weighted by Gasteiger charge is -1.99. The van der Waals surface area contributed by atoms with E-state index in [-0.39, 0.29) is 0 Å². The molecule has 2 heterocycles. The Hall–Kier alpha value is -0.960. The lowest BCUT2D eigenvalue weighted by Crippen LogP contribution is -1.91. The number of fused-ring (bicyclic) bond motifs is 3. The third-order valence-electron chi connectivity index (χ3n) is 2.86. The Morgan fingerprint density at radius 1 is 1.14 bits per heavy atom. The largest absolute Gasteiger partial charge is 0.238 e. The molecule has 0 aliphatic heterocycles. The Balaban J connectivity index is 2.43. The fourth-order valence-electron chi connectivity index (χ4n) is 2.31. The zero-order valence-corrected chi connectivity index (χ0v) is 9.24. The first-order valence-electron chi connectivity index (χ1n) is 5.01. The average Bonchev–Trinajstić information content (AvgIpc) is 2.60. The molecule has 0 amide bonds. The van der Waals surface area contributed by atoms with Gasteiger partial charge in [-0.1, -0.05) is 0 Å². The molecule has 0 radical (unpaired) electrons. The third-order valence-corrected chi connectivity index (χ3v) is 4.04. The van der Waals surface area contributed by atoms with E-state index in [4.69, 9.17) is 0 Å². The van der Waals surface area contributed by atoms with Gasteiger partial charge in [0.2, 0.25) is 0 Å². The number of rotatable bonds is 0. The first-order chi connectivity index (χ1) is 6.75. The molecule has 14 heavy (non-hydrogen) atoms. The van der Waals surface area contributed by atoms with E-state index in [1.165, 1.54) is 35.0 Å². The molecule has 0 unspecified atom stereocenters. The van der Waals surface area contributed by atoms with Gasteiger partial charge in [0.25, 0.3) is 0 Å². The minimum Gasteiger partial charge on any atom is -0.238 e. The van der Waals surface area contributed by atoms with Crippen molar-refractivity contribution in [2.75, 3.05) is 0 Å². The minimum atomic E-state index is 0.898. The molecule has 72 valence electrons. The summed E-state index contributed by atoms with van der Waals surface area (Å²) in [5, 5.41) is 1.34. The van der Waals surface area contributed by atoms with Gasteiger partial charge in [0.15, 0.2) is 0 Å². The molecule has 0 spiro atoms. The topological polar surface area (TPSA) is 25.8 Å². The van der Waals surface area contributed by atoms with Gasteiger partial charge in [-0.05, 0) is 38.7 Å². The number of aromatic nitrogens is 2. The van der Waals surface area contributed by atoms with Crippen LogP contribution < -0.4 is 0 Å². The summed E-state index contributed by atoms with van der Waals surface area (Å²) in [5.74, 6) is 0.898. The van der Waals surface area contributed by atoms with Crippen LogP contribution in [0, 0.1) is 13.8 Å². The van der Waals surface area contributed by atoms with Crippen LogP contribution in [0.2, 0.25) is 0 Å². The molecule has 2 nitrogen and oxygen atoms in total. The highest BCUT2D eigenvalue weighted by Crippen LogP contribution is 2.37. The Kier molecular flexibility index (Phi) is 1.65. The van der Waals surface area contributed by atoms with Crippen LogP contribution in [0.25, 0.3) is 10.2 Å². The minimum absolute atomic E-state index is 0.898. The standard InChI is InChI=1S/C11H12N2S/c1-6-10-8-4-3-5-9(8)14-11(10)13-7(2)12-6/h3-5H2,1-2H3. The van der Waals surface area contributed by atoms with Gasteiger partial charge in [0, 0.05) is 16.0 Å². The van der Waals surface area contributed by atoms with E-state index in [0.29, 0.717) is 0 Å². The van der Waals surface area contributed by atoms with Crippen LogP contribution in [0.1, 0.15) is 28.4 Å². The summed E-state index contributed by atoms with van der Waals surface area (Å²) in [6.07, 6.45) is 3.78. The molecule has 1 aliphatic carbocycles. The second-order valence-electron chi connectivity index (χ2n) is 3.89. The zero-order valence-electron chi connectivity index (χ0n) is 8.42. The lowest BCUT2D eigenvalue weighted by atomic mass is 10.1. The lowest BCUT2D eigenvalue weighted by molar-refractivity contribution is 0.916. The molecule has 0 fully saturated rings. The molecule has 0 N–H and O–H groups in total. The molecule has 0 saturated carbocycles. The predicted molar refractivity (Wildman–Crippen MR) is 58.9 cm³/mol. The van der Waals surface area contributed by atoms with E-state index in [1.807, 2.05) is 18.3 Å². The van der Waals surface area contributed by atoms with Crippen LogP contribution in [-0.2, 0) is 12.8 Å². The number of hydrogen-bond acceptors (Lipinski definition) is 3. The molecule has 0 aromatic carbocycles. The summed E-state index contributed by atoms with van der Waals surface area (Å²) in [7, 11) is 0. The number of thiophene rings is 1. The molecular formula is C11H12N2S. The van der Waals surface area contributed by atoms with Crippen molar-refractivity contribution in [3.63, 3.8) is 0 Å². The van der Waals surface area contributed by atoms with E-state index >= 15 is 0 Å². The van der Waals surface area contributed by atoms with Crippen LogP contribution >= 0.6 is 11.3 Å². The van der Waals surface area contributed by atoms with Gasteiger partial charge >= 0.3 is 0 Å². The van der Waals surface area contributed by atoms with Crippen molar-refractivity contribution in [1.82, 2.24) is 9.97 Å². The first-order valence-corrected chi connectivity index (χ1v) is 5.83. The highest BCUT2D eigenvalue weighted by Gasteiger charge is 2.19. The van der Waals surface area contributed by atoms with Crippen molar-refractivity contribution in [1.29, 1.82) is 0 Å². The van der Waals surface area contributed by atoms with Gasteiger partial charge < -0.3 is 0 Å². The summed E-state index contributed by atoms with van der Waals surface area (Å²) in [6, 6.07) is 0. The molecule has 3 rings (SSSR count). The summed E-state index contributed by atoms with van der Waals surface area (Å²) < 4.78 is 0. The van der Waals surface area contributed by atoms with Crippen LogP contribution in [0.3, 0.4) is 0 Å². The monoisotopic (exact) mass is 204 g/mol. The number of aryl methyl sites for hydroxylation is 4. The molecule has 0 bridgehead atoms. The van der Waals surface area contributed by atoms with Gasteiger partial charge in [-0.3, -0.25) is 0 Å². The zero-order chi connectivity index (χ0) is 9.71. The fraction of sp³-hybridized carbons (Fsp3) is 0.455. The van der Waals surface area contributed by atoms with Crippen molar-refractivity contribution in [2.45, 2.75) is 33.1 Å². The molecule has 2 aromatic heterocycles. The summed E-state index contributed by atoms with van der Waals surface area (Å²) in [5.41, 5.74) is 2.69. The van der Waals surface area contributed by atoms with Crippen LogP contribution in [0.4, 0.5) is 0 Å². The maximum Gasteiger partial charge on any atom is 0.127 e. The van der Waals surface area contributed by atoms with Crippen molar-refractivity contribution in [3.05, 3.63) is 22.0 Å². The Morgan fingerprint density at radius 2 is 2.00 bits per heavy atom. The maximum absolute atomic E-state index is 4.51. The van der Waals surface area contributed by atoms with Crippen molar-refractivity contribution < 1.29 is 0 Å². The quantitative estimate of drug-likeness (QED) is 0.659. The van der Waals surface area contributed by atoms with Crippen molar-refractivity contribution >= 4 is 21.6 Å². The van der Waals surface area contributed by atoms with Crippen LogP contribution in [-0.4, -0.2) is 9.97 Å². The molecule has 0 saturated heterocycles. The van der Waals surface area contributed by atoms with Gasteiger partial charge in [0.05, 0.1) is 0 Å². The maximum atomic E-state index is 4.51. The Bertz CT molecular complexity index is 513. The predicted octanol–water partition coefficient (Wildman–Crippen LogP) is 2.80. The fourth-order valence-corrected chi connectivity index (χ4v) is 3.67. The van der Waals surface area contributed by atoms with Crippen LogP contribution in [0.5, 0.6) is 0 Å². The smallest absolute Gasteiger partial charge is 0.127 e.